The van der Waals surface area contributed by atoms with Gasteiger partial charge in [-0.2, -0.15) is 9.36 Å². The summed E-state index contributed by atoms with van der Waals surface area (Å²) in [6.45, 7) is 3.70. The van der Waals surface area contributed by atoms with Crippen molar-refractivity contribution in [2.24, 2.45) is 7.05 Å². The predicted molar refractivity (Wildman–Crippen MR) is 112 cm³/mol. The third-order valence-corrected chi connectivity index (χ3v) is 4.85. The van der Waals surface area contributed by atoms with Crippen molar-refractivity contribution in [2.45, 2.75) is 20.5 Å². The van der Waals surface area contributed by atoms with Crippen LogP contribution in [-0.4, -0.2) is 41.9 Å². The van der Waals surface area contributed by atoms with Crippen molar-refractivity contribution < 1.29 is 13.9 Å². The maximum Gasteiger partial charge on any atom is 0.368 e. The van der Waals surface area contributed by atoms with Crippen molar-refractivity contribution in [1.82, 2.24) is 34.7 Å². The van der Waals surface area contributed by atoms with E-state index in [0.29, 0.717) is 40.0 Å². The van der Waals surface area contributed by atoms with Gasteiger partial charge in [0, 0.05) is 18.2 Å². The highest BCUT2D eigenvalue weighted by Gasteiger charge is 2.17. The minimum atomic E-state index is -0.508. The van der Waals surface area contributed by atoms with Crippen molar-refractivity contribution >= 4 is 0 Å². The fourth-order valence-corrected chi connectivity index (χ4v) is 3.20. The zero-order valence-electron chi connectivity index (χ0n) is 17.9. The lowest BCUT2D eigenvalue weighted by Gasteiger charge is -2.15. The Labute approximate surface area is 182 Å². The first-order valence-electron chi connectivity index (χ1n) is 9.63. The fraction of sp³-hybridized carbons (Fsp3) is 0.238. The van der Waals surface area contributed by atoms with Crippen molar-refractivity contribution in [3.63, 3.8) is 0 Å². The Morgan fingerprint density at radius 2 is 1.88 bits per heavy atom. The summed E-state index contributed by atoms with van der Waals surface area (Å²) in [4.78, 5) is 24.9. The molecule has 0 saturated heterocycles. The molecule has 164 valence electrons. The largest absolute Gasteiger partial charge is 0.496 e. The molecule has 11 heteroatoms. The van der Waals surface area contributed by atoms with Crippen molar-refractivity contribution in [3.05, 3.63) is 69.8 Å². The number of aromatic nitrogens is 7. The van der Waals surface area contributed by atoms with Crippen LogP contribution < -0.4 is 15.2 Å². The van der Waals surface area contributed by atoms with Gasteiger partial charge in [-0.15, -0.1) is 0 Å². The number of nitrogens with zero attached hydrogens (tertiary/aromatic N) is 7. The van der Waals surface area contributed by atoms with Crippen LogP contribution in [-0.2, 0) is 13.7 Å². The van der Waals surface area contributed by atoms with E-state index in [4.69, 9.17) is 9.47 Å². The standard InChI is InChI=1S/C21H20FN7O3/c1-12-8-15(19-23-9-14(22)10-24-19)13(2)25-20(12)32-11-16-17(6-5-7-18(16)31-4)29-21(30)28(3)26-27-29/h5-10H,11H2,1-4H3. The highest BCUT2D eigenvalue weighted by atomic mass is 19.1. The lowest BCUT2D eigenvalue weighted by Crippen LogP contribution is -2.23. The first-order chi connectivity index (χ1) is 15.4. The number of benzene rings is 1. The van der Waals surface area contributed by atoms with E-state index in [1.807, 2.05) is 13.0 Å². The van der Waals surface area contributed by atoms with Gasteiger partial charge in [0.25, 0.3) is 0 Å². The molecule has 0 bridgehead atoms. The van der Waals surface area contributed by atoms with E-state index in [2.05, 4.69) is 25.4 Å². The Balaban J connectivity index is 1.67. The quantitative estimate of drug-likeness (QED) is 0.451. The molecule has 0 fully saturated rings. The van der Waals surface area contributed by atoms with Crippen LogP contribution in [0.2, 0.25) is 0 Å². The first kappa shape index (κ1) is 21.1. The van der Waals surface area contributed by atoms with Gasteiger partial charge >= 0.3 is 5.69 Å². The molecule has 0 aliphatic carbocycles. The second-order valence-corrected chi connectivity index (χ2v) is 7.01. The smallest absolute Gasteiger partial charge is 0.368 e. The monoisotopic (exact) mass is 437 g/mol. The van der Waals surface area contributed by atoms with Gasteiger partial charge in [0.05, 0.1) is 36.4 Å². The maximum atomic E-state index is 13.1. The number of tetrazole rings is 1. The van der Waals surface area contributed by atoms with Gasteiger partial charge in [-0.25, -0.2) is 24.1 Å². The molecule has 0 amide bonds. The topological polar surface area (TPSA) is 110 Å². The van der Waals surface area contributed by atoms with E-state index in [1.54, 1.807) is 25.1 Å². The Morgan fingerprint density at radius 1 is 1.12 bits per heavy atom. The van der Waals surface area contributed by atoms with Crippen LogP contribution in [0.25, 0.3) is 17.1 Å². The molecule has 3 aromatic heterocycles. The molecule has 1 aromatic carbocycles. The number of hydrogen-bond acceptors (Lipinski definition) is 8. The Bertz CT molecular complexity index is 1330. The first-order valence-corrected chi connectivity index (χ1v) is 9.63. The van der Waals surface area contributed by atoms with Crippen LogP contribution in [0.4, 0.5) is 4.39 Å². The van der Waals surface area contributed by atoms with E-state index in [9.17, 15) is 9.18 Å². The molecule has 0 atom stereocenters. The van der Waals surface area contributed by atoms with Gasteiger partial charge in [0.2, 0.25) is 5.88 Å². The Hall–Kier alpha value is -4.15. The molecule has 4 aromatic rings. The van der Waals surface area contributed by atoms with E-state index >= 15 is 0 Å². The fourth-order valence-electron chi connectivity index (χ4n) is 3.20. The number of ether oxygens (including phenoxy) is 2. The summed E-state index contributed by atoms with van der Waals surface area (Å²) < 4.78 is 26.9. The second kappa shape index (κ2) is 8.53. The Kier molecular flexibility index (Phi) is 5.63. The highest BCUT2D eigenvalue weighted by Crippen LogP contribution is 2.29. The van der Waals surface area contributed by atoms with E-state index < -0.39 is 11.5 Å². The van der Waals surface area contributed by atoms with Gasteiger partial charge in [0.15, 0.2) is 11.6 Å². The molecule has 0 aliphatic heterocycles. The van der Waals surface area contributed by atoms with Crippen LogP contribution in [0, 0.1) is 19.7 Å². The lowest BCUT2D eigenvalue weighted by molar-refractivity contribution is 0.282. The number of pyridine rings is 1. The third kappa shape index (κ3) is 3.92. The lowest BCUT2D eigenvalue weighted by atomic mass is 10.1. The van der Waals surface area contributed by atoms with E-state index in [-0.39, 0.29) is 6.61 Å². The number of halogens is 1. The molecule has 0 N–H and O–H groups in total. The van der Waals surface area contributed by atoms with Crippen LogP contribution in [0.15, 0.2) is 41.5 Å². The van der Waals surface area contributed by atoms with Gasteiger partial charge in [-0.1, -0.05) is 6.07 Å². The van der Waals surface area contributed by atoms with Gasteiger partial charge in [-0.3, -0.25) is 0 Å². The molecule has 0 radical (unpaired) electrons. The van der Waals surface area contributed by atoms with Crippen LogP contribution in [0.3, 0.4) is 0 Å². The van der Waals surface area contributed by atoms with Gasteiger partial charge < -0.3 is 9.47 Å². The van der Waals surface area contributed by atoms with E-state index in [0.717, 1.165) is 22.6 Å². The van der Waals surface area contributed by atoms with Gasteiger partial charge in [0.1, 0.15) is 12.4 Å². The molecule has 10 nitrogen and oxygen atoms in total. The number of methoxy groups -OCH3 is 1. The van der Waals surface area contributed by atoms with Crippen LogP contribution >= 0.6 is 0 Å². The predicted octanol–water partition coefficient (Wildman–Crippen LogP) is 2.16. The van der Waals surface area contributed by atoms with Crippen LogP contribution in [0.5, 0.6) is 11.6 Å². The normalized spacial score (nSPS) is 10.9. The molecular weight excluding hydrogens is 417 g/mol. The summed E-state index contributed by atoms with van der Waals surface area (Å²) in [5, 5.41) is 7.67. The molecule has 0 saturated carbocycles. The summed E-state index contributed by atoms with van der Waals surface area (Å²) in [6, 6.07) is 7.09. The van der Waals surface area contributed by atoms with Crippen molar-refractivity contribution in [3.8, 4) is 28.7 Å². The average molecular weight is 437 g/mol. The zero-order chi connectivity index (χ0) is 22.8. The summed E-state index contributed by atoms with van der Waals surface area (Å²) in [7, 11) is 3.05. The maximum absolute atomic E-state index is 13.1. The number of rotatable bonds is 6. The molecule has 3 heterocycles. The van der Waals surface area contributed by atoms with Crippen LogP contribution in [0.1, 0.15) is 16.8 Å². The van der Waals surface area contributed by atoms with Crippen molar-refractivity contribution in [1.29, 1.82) is 0 Å². The number of aryl methyl sites for hydroxylation is 3. The number of hydrogen-bond donors (Lipinski definition) is 0. The molecule has 0 aliphatic rings. The third-order valence-electron chi connectivity index (χ3n) is 4.85. The molecule has 0 spiro atoms. The molecule has 4 rings (SSSR count). The minimum Gasteiger partial charge on any atom is -0.496 e. The summed E-state index contributed by atoms with van der Waals surface area (Å²) >= 11 is 0. The average Bonchev–Trinajstić information content (AvgIpc) is 3.12. The molecule has 0 unspecified atom stereocenters. The second-order valence-electron chi connectivity index (χ2n) is 7.01. The van der Waals surface area contributed by atoms with E-state index in [1.165, 1.54) is 18.8 Å². The summed E-state index contributed by atoms with van der Waals surface area (Å²) in [5.74, 6) is 0.799. The Morgan fingerprint density at radius 3 is 2.53 bits per heavy atom. The summed E-state index contributed by atoms with van der Waals surface area (Å²) in [6.07, 6.45) is 2.22. The molecule has 32 heavy (non-hydrogen) atoms. The van der Waals surface area contributed by atoms with Gasteiger partial charge in [-0.05, 0) is 42.5 Å². The minimum absolute atomic E-state index is 0.0715. The zero-order valence-corrected chi connectivity index (χ0v) is 17.9. The summed E-state index contributed by atoms with van der Waals surface area (Å²) in [5.41, 5.74) is 2.76. The molecular formula is C21H20FN7O3. The SMILES string of the molecule is COc1cccc(-n2nnn(C)c2=O)c1COc1nc(C)c(-c2ncc(F)cn2)cc1C. The van der Waals surface area contributed by atoms with Crippen molar-refractivity contribution in [2.75, 3.05) is 7.11 Å². The highest BCUT2D eigenvalue weighted by molar-refractivity contribution is 5.60.